The number of aryl methyl sites for hydroxylation is 1. The number of nitrogens with zero attached hydrogens (tertiary/aromatic N) is 4. The van der Waals surface area contributed by atoms with Gasteiger partial charge in [-0.25, -0.2) is 9.97 Å². The maximum absolute atomic E-state index is 10.8. The summed E-state index contributed by atoms with van der Waals surface area (Å²) in [4.78, 5) is 19.4. The third-order valence-corrected chi connectivity index (χ3v) is 3.81. The number of non-ortho nitro benzene ring substituents is 1. The van der Waals surface area contributed by atoms with E-state index >= 15 is 0 Å². The zero-order valence-electron chi connectivity index (χ0n) is 12.3. The normalized spacial score (nSPS) is 11.2. The minimum atomic E-state index is -0.412. The van der Waals surface area contributed by atoms with Crippen LogP contribution in [0.15, 0.2) is 54.9 Å². The lowest BCUT2D eigenvalue weighted by atomic mass is 10.1. The van der Waals surface area contributed by atoms with Crippen molar-refractivity contribution in [3.8, 4) is 5.69 Å². The summed E-state index contributed by atoms with van der Waals surface area (Å²) >= 11 is 0. The van der Waals surface area contributed by atoms with Gasteiger partial charge in [0.1, 0.15) is 11.8 Å². The molecule has 23 heavy (non-hydrogen) atoms. The second-order valence-electron chi connectivity index (χ2n) is 5.42. The van der Waals surface area contributed by atoms with Crippen LogP contribution in [-0.4, -0.2) is 19.5 Å². The Bertz CT molecular complexity index is 1050. The molecular weight excluding hydrogens is 292 g/mol. The second kappa shape index (κ2) is 4.88. The molecule has 0 atom stereocenters. The Morgan fingerprint density at radius 1 is 1.04 bits per heavy atom. The number of benzene rings is 2. The molecule has 0 amide bonds. The highest BCUT2D eigenvalue weighted by atomic mass is 16.6. The predicted octanol–water partition coefficient (Wildman–Crippen LogP) is 3.79. The number of hydrogen-bond acceptors (Lipinski definition) is 4. The van der Waals surface area contributed by atoms with E-state index in [0.717, 1.165) is 33.3 Å². The van der Waals surface area contributed by atoms with Gasteiger partial charge in [0.05, 0.1) is 10.4 Å². The maximum atomic E-state index is 10.8. The summed E-state index contributed by atoms with van der Waals surface area (Å²) in [6.07, 6.45) is 1.69. The Hall–Kier alpha value is -3.28. The lowest BCUT2D eigenvalue weighted by Crippen LogP contribution is -1.95. The number of aromatic nitrogens is 3. The van der Waals surface area contributed by atoms with E-state index in [2.05, 4.69) is 4.98 Å². The van der Waals surface area contributed by atoms with Crippen LogP contribution in [0.25, 0.3) is 27.8 Å². The van der Waals surface area contributed by atoms with Gasteiger partial charge in [-0.15, -0.1) is 0 Å². The number of nitro groups is 1. The van der Waals surface area contributed by atoms with Gasteiger partial charge in [-0.3, -0.25) is 14.7 Å². The first-order chi connectivity index (χ1) is 11.1. The minimum Gasteiger partial charge on any atom is -0.283 e. The third kappa shape index (κ3) is 2.20. The van der Waals surface area contributed by atoms with Crippen LogP contribution in [0, 0.1) is 17.0 Å². The molecule has 0 radical (unpaired) electrons. The molecule has 0 aliphatic heterocycles. The molecular formula is C17H12N4O2. The van der Waals surface area contributed by atoms with Crippen LogP contribution in [0.5, 0.6) is 0 Å². The SMILES string of the molecule is Cc1ccc2cc3ncn(-c4ccc([N+](=O)[O-])cc4)c3nc2c1. The van der Waals surface area contributed by atoms with E-state index in [9.17, 15) is 10.1 Å². The molecule has 2 aromatic carbocycles. The fraction of sp³-hybridized carbons (Fsp3) is 0.0588. The van der Waals surface area contributed by atoms with E-state index in [4.69, 9.17) is 4.98 Å². The molecule has 0 bridgehead atoms. The van der Waals surface area contributed by atoms with Crippen LogP contribution >= 0.6 is 0 Å². The standard InChI is InChI=1S/C17H12N4O2/c1-11-2-3-12-9-16-17(19-15(12)8-11)20(10-18-16)13-4-6-14(7-5-13)21(22)23/h2-10H,1H3. The Balaban J connectivity index is 1.91. The quantitative estimate of drug-likeness (QED) is 0.417. The van der Waals surface area contributed by atoms with Crippen molar-refractivity contribution in [2.45, 2.75) is 6.92 Å². The predicted molar refractivity (Wildman–Crippen MR) is 87.8 cm³/mol. The summed E-state index contributed by atoms with van der Waals surface area (Å²) < 4.78 is 1.83. The molecule has 0 aliphatic carbocycles. The molecule has 0 N–H and O–H groups in total. The van der Waals surface area contributed by atoms with Crippen LogP contribution in [-0.2, 0) is 0 Å². The summed E-state index contributed by atoms with van der Waals surface area (Å²) in [5, 5.41) is 11.8. The van der Waals surface area contributed by atoms with Gasteiger partial charge in [0.15, 0.2) is 5.65 Å². The number of nitro benzene ring substituents is 1. The van der Waals surface area contributed by atoms with Crippen LogP contribution in [0.4, 0.5) is 5.69 Å². The molecule has 2 aromatic heterocycles. The summed E-state index contributed by atoms with van der Waals surface area (Å²) in [7, 11) is 0. The molecule has 0 saturated carbocycles. The smallest absolute Gasteiger partial charge is 0.269 e. The van der Waals surface area contributed by atoms with Crippen molar-refractivity contribution in [3.05, 3.63) is 70.5 Å². The van der Waals surface area contributed by atoms with E-state index in [1.54, 1.807) is 18.5 Å². The molecule has 4 rings (SSSR count). The minimum absolute atomic E-state index is 0.0622. The zero-order chi connectivity index (χ0) is 16.0. The van der Waals surface area contributed by atoms with Gasteiger partial charge in [0, 0.05) is 23.2 Å². The summed E-state index contributed by atoms with van der Waals surface area (Å²) in [6.45, 7) is 2.03. The van der Waals surface area contributed by atoms with Crippen LogP contribution in [0.3, 0.4) is 0 Å². The highest BCUT2D eigenvalue weighted by Gasteiger charge is 2.10. The Kier molecular flexibility index (Phi) is 2.84. The van der Waals surface area contributed by atoms with Crippen molar-refractivity contribution in [1.82, 2.24) is 14.5 Å². The van der Waals surface area contributed by atoms with Gasteiger partial charge in [-0.1, -0.05) is 12.1 Å². The summed E-state index contributed by atoms with van der Waals surface area (Å²) in [5.74, 6) is 0. The van der Waals surface area contributed by atoms with E-state index in [1.807, 2.05) is 35.8 Å². The first-order valence-corrected chi connectivity index (χ1v) is 7.11. The van der Waals surface area contributed by atoms with Gasteiger partial charge in [0.2, 0.25) is 0 Å². The molecule has 6 heteroatoms. The largest absolute Gasteiger partial charge is 0.283 e. The first-order valence-electron chi connectivity index (χ1n) is 7.11. The lowest BCUT2D eigenvalue weighted by Gasteiger charge is -2.04. The molecule has 112 valence electrons. The molecule has 0 unspecified atom stereocenters. The average molecular weight is 304 g/mol. The Morgan fingerprint density at radius 3 is 2.57 bits per heavy atom. The van der Waals surface area contributed by atoms with Gasteiger partial charge < -0.3 is 0 Å². The van der Waals surface area contributed by atoms with Crippen LogP contribution in [0.1, 0.15) is 5.56 Å². The zero-order valence-corrected chi connectivity index (χ0v) is 12.3. The third-order valence-electron chi connectivity index (χ3n) is 3.81. The number of hydrogen-bond donors (Lipinski definition) is 0. The molecule has 2 heterocycles. The van der Waals surface area contributed by atoms with Crippen molar-refractivity contribution in [1.29, 1.82) is 0 Å². The summed E-state index contributed by atoms with van der Waals surface area (Å²) in [5.41, 5.74) is 4.42. The maximum Gasteiger partial charge on any atom is 0.269 e. The highest BCUT2D eigenvalue weighted by molar-refractivity contribution is 5.90. The first kappa shape index (κ1) is 13.4. The highest BCUT2D eigenvalue weighted by Crippen LogP contribution is 2.23. The Labute approximate surface area is 131 Å². The van der Waals surface area contributed by atoms with Gasteiger partial charge in [0.25, 0.3) is 5.69 Å². The van der Waals surface area contributed by atoms with Gasteiger partial charge in [-0.2, -0.15) is 0 Å². The molecule has 0 fully saturated rings. The van der Waals surface area contributed by atoms with Crippen molar-refractivity contribution in [2.24, 2.45) is 0 Å². The van der Waals surface area contributed by atoms with Crippen molar-refractivity contribution < 1.29 is 4.92 Å². The number of imidazole rings is 1. The number of fused-ring (bicyclic) bond motifs is 2. The van der Waals surface area contributed by atoms with E-state index in [0.29, 0.717) is 0 Å². The fourth-order valence-electron chi connectivity index (χ4n) is 2.63. The fourth-order valence-corrected chi connectivity index (χ4v) is 2.63. The van der Waals surface area contributed by atoms with Crippen molar-refractivity contribution >= 4 is 27.8 Å². The van der Waals surface area contributed by atoms with E-state index in [-0.39, 0.29) is 5.69 Å². The van der Waals surface area contributed by atoms with Crippen molar-refractivity contribution in [3.63, 3.8) is 0 Å². The molecule has 0 spiro atoms. The Morgan fingerprint density at radius 2 is 1.83 bits per heavy atom. The van der Waals surface area contributed by atoms with E-state index in [1.165, 1.54) is 12.1 Å². The van der Waals surface area contributed by atoms with Gasteiger partial charge in [-0.05, 0) is 36.8 Å². The lowest BCUT2D eigenvalue weighted by molar-refractivity contribution is -0.384. The van der Waals surface area contributed by atoms with E-state index < -0.39 is 4.92 Å². The molecule has 0 saturated heterocycles. The number of rotatable bonds is 2. The monoisotopic (exact) mass is 304 g/mol. The van der Waals surface area contributed by atoms with Crippen LogP contribution < -0.4 is 0 Å². The molecule has 4 aromatic rings. The molecule has 6 nitrogen and oxygen atoms in total. The topological polar surface area (TPSA) is 73.8 Å². The second-order valence-corrected chi connectivity index (χ2v) is 5.42. The average Bonchev–Trinajstić information content (AvgIpc) is 2.95. The molecule has 0 aliphatic rings. The van der Waals surface area contributed by atoms with Crippen molar-refractivity contribution in [2.75, 3.05) is 0 Å². The summed E-state index contributed by atoms with van der Waals surface area (Å²) in [6, 6.07) is 14.5. The number of pyridine rings is 1. The van der Waals surface area contributed by atoms with Gasteiger partial charge >= 0.3 is 0 Å². The van der Waals surface area contributed by atoms with Crippen LogP contribution in [0.2, 0.25) is 0 Å².